The lowest BCUT2D eigenvalue weighted by Gasteiger charge is -2.34. The molecule has 1 heterocycles. The SMILES string of the molecule is CO[PH](=O)CCCN1CCN(C(=O)OCc2ccccc2)CC1. The molecule has 1 aliphatic rings. The van der Waals surface area contributed by atoms with Crippen LogP contribution in [0.1, 0.15) is 12.0 Å². The average molecular weight is 340 g/mol. The van der Waals surface area contributed by atoms with E-state index in [0.29, 0.717) is 25.9 Å². The van der Waals surface area contributed by atoms with E-state index in [9.17, 15) is 9.36 Å². The number of ether oxygens (including phenoxy) is 1. The highest BCUT2D eigenvalue weighted by atomic mass is 31.1. The minimum atomic E-state index is -1.85. The molecule has 0 N–H and O–H groups in total. The van der Waals surface area contributed by atoms with Crippen LogP contribution in [0.15, 0.2) is 30.3 Å². The van der Waals surface area contributed by atoms with E-state index >= 15 is 0 Å². The van der Waals surface area contributed by atoms with E-state index < -0.39 is 8.03 Å². The molecule has 1 aliphatic heterocycles. The molecule has 6 nitrogen and oxygen atoms in total. The number of amides is 1. The van der Waals surface area contributed by atoms with Crippen molar-refractivity contribution in [2.45, 2.75) is 13.0 Å². The highest BCUT2D eigenvalue weighted by Crippen LogP contribution is 2.21. The fourth-order valence-corrected chi connectivity index (χ4v) is 3.16. The Morgan fingerprint density at radius 1 is 1.17 bits per heavy atom. The van der Waals surface area contributed by atoms with E-state index in [4.69, 9.17) is 9.26 Å². The third-order valence-electron chi connectivity index (χ3n) is 3.92. The number of carbonyl (C=O) groups is 1. The minimum absolute atomic E-state index is 0.252. The Balaban J connectivity index is 1.63. The van der Waals surface area contributed by atoms with Crippen molar-refractivity contribution in [1.82, 2.24) is 9.80 Å². The van der Waals surface area contributed by atoms with Crippen LogP contribution in [0.25, 0.3) is 0 Å². The maximum Gasteiger partial charge on any atom is 0.410 e. The third kappa shape index (κ3) is 6.34. The Labute approximate surface area is 138 Å². The van der Waals surface area contributed by atoms with Gasteiger partial charge in [0, 0.05) is 39.5 Å². The topological polar surface area (TPSA) is 59.1 Å². The van der Waals surface area contributed by atoms with Crippen molar-refractivity contribution in [3.8, 4) is 0 Å². The fraction of sp³-hybridized carbons (Fsp3) is 0.562. The van der Waals surface area contributed by atoms with Gasteiger partial charge in [0.2, 0.25) is 0 Å². The molecule has 0 saturated carbocycles. The summed E-state index contributed by atoms with van der Waals surface area (Å²) < 4.78 is 21.4. The average Bonchev–Trinajstić information content (AvgIpc) is 2.61. The molecule has 0 radical (unpaired) electrons. The molecule has 1 amide bonds. The van der Waals surface area contributed by atoms with E-state index in [1.54, 1.807) is 4.90 Å². The predicted molar refractivity (Wildman–Crippen MR) is 90.1 cm³/mol. The molecular weight excluding hydrogens is 315 g/mol. The lowest BCUT2D eigenvalue weighted by Crippen LogP contribution is -2.49. The third-order valence-corrected chi connectivity index (χ3v) is 5.14. The first-order chi connectivity index (χ1) is 11.2. The summed E-state index contributed by atoms with van der Waals surface area (Å²) in [6.07, 6.45) is 1.24. The van der Waals surface area contributed by atoms with E-state index in [2.05, 4.69) is 4.90 Å². The Bertz CT molecular complexity index is 504. The van der Waals surface area contributed by atoms with Gasteiger partial charge in [-0.3, -0.25) is 9.46 Å². The smallest absolute Gasteiger partial charge is 0.410 e. The second kappa shape index (κ2) is 9.71. The first-order valence-electron chi connectivity index (χ1n) is 7.94. The molecule has 0 spiro atoms. The molecule has 1 aromatic rings. The van der Waals surface area contributed by atoms with Gasteiger partial charge in [-0.15, -0.1) is 0 Å². The largest absolute Gasteiger partial charge is 0.445 e. The number of benzene rings is 1. The molecule has 0 aliphatic carbocycles. The molecule has 1 aromatic carbocycles. The van der Waals surface area contributed by atoms with Gasteiger partial charge >= 0.3 is 6.09 Å². The Morgan fingerprint density at radius 2 is 1.87 bits per heavy atom. The summed E-state index contributed by atoms with van der Waals surface area (Å²) in [5.41, 5.74) is 0.993. The standard InChI is InChI=1S/C16H25N2O4P/c1-21-23(20)13-5-8-17-9-11-18(12-10-17)16(19)22-14-15-6-3-2-4-7-15/h2-4,6-7,23H,5,8-14H2,1H3. The zero-order valence-electron chi connectivity index (χ0n) is 13.6. The van der Waals surface area contributed by atoms with Gasteiger partial charge in [-0.25, -0.2) is 4.79 Å². The van der Waals surface area contributed by atoms with E-state index in [1.807, 2.05) is 30.3 Å². The van der Waals surface area contributed by atoms with Crippen molar-refractivity contribution in [2.75, 3.05) is 46.0 Å². The Morgan fingerprint density at radius 3 is 2.52 bits per heavy atom. The van der Waals surface area contributed by atoms with Crippen LogP contribution < -0.4 is 0 Å². The van der Waals surface area contributed by atoms with Gasteiger partial charge in [0.1, 0.15) is 6.61 Å². The summed E-state index contributed by atoms with van der Waals surface area (Å²) in [5.74, 6) is 0. The van der Waals surface area contributed by atoms with Gasteiger partial charge in [-0.2, -0.15) is 0 Å². The Hall–Kier alpha value is -1.36. The Kier molecular flexibility index (Phi) is 7.59. The zero-order chi connectivity index (χ0) is 16.5. The second-order valence-electron chi connectivity index (χ2n) is 5.55. The summed E-state index contributed by atoms with van der Waals surface area (Å²) in [6.45, 7) is 4.21. The second-order valence-corrected chi connectivity index (χ2v) is 7.20. The van der Waals surface area contributed by atoms with E-state index in [1.165, 1.54) is 7.11 Å². The molecule has 1 unspecified atom stereocenters. The molecule has 7 heteroatoms. The molecule has 1 saturated heterocycles. The van der Waals surface area contributed by atoms with Crippen LogP contribution in [0.5, 0.6) is 0 Å². The summed E-state index contributed by atoms with van der Waals surface area (Å²) >= 11 is 0. The molecule has 1 fully saturated rings. The van der Waals surface area contributed by atoms with Gasteiger partial charge in [0.05, 0.1) is 0 Å². The number of hydrogen-bond donors (Lipinski definition) is 0. The van der Waals surface area contributed by atoms with Crippen LogP contribution in [0.3, 0.4) is 0 Å². The van der Waals surface area contributed by atoms with E-state index in [-0.39, 0.29) is 6.09 Å². The normalized spacial score (nSPS) is 17.0. The molecule has 1 atom stereocenters. The summed E-state index contributed by atoms with van der Waals surface area (Å²) in [7, 11) is -0.360. The predicted octanol–water partition coefficient (Wildman–Crippen LogP) is 2.45. The van der Waals surface area contributed by atoms with Crippen LogP contribution in [-0.2, 0) is 20.4 Å². The van der Waals surface area contributed by atoms with Gasteiger partial charge in [0.15, 0.2) is 8.03 Å². The number of piperazine rings is 1. The van der Waals surface area contributed by atoms with Gasteiger partial charge in [0.25, 0.3) is 0 Å². The van der Waals surface area contributed by atoms with Crippen molar-refractivity contribution < 1.29 is 18.6 Å². The highest BCUT2D eigenvalue weighted by Gasteiger charge is 2.21. The van der Waals surface area contributed by atoms with Gasteiger partial charge in [-0.1, -0.05) is 30.3 Å². The van der Waals surface area contributed by atoms with Crippen LogP contribution in [0, 0.1) is 0 Å². The summed E-state index contributed by atoms with van der Waals surface area (Å²) in [6, 6.07) is 9.68. The number of hydrogen-bond acceptors (Lipinski definition) is 5. The number of rotatable bonds is 7. The van der Waals surface area contributed by atoms with Crippen LogP contribution in [0.2, 0.25) is 0 Å². The van der Waals surface area contributed by atoms with E-state index in [0.717, 1.165) is 31.6 Å². The molecule has 0 bridgehead atoms. The summed E-state index contributed by atoms with van der Waals surface area (Å²) in [5, 5.41) is 0. The zero-order valence-corrected chi connectivity index (χ0v) is 14.6. The molecule has 2 rings (SSSR count). The maximum absolute atomic E-state index is 12.1. The minimum Gasteiger partial charge on any atom is -0.445 e. The van der Waals surface area contributed by atoms with Crippen molar-refractivity contribution in [2.24, 2.45) is 0 Å². The van der Waals surface area contributed by atoms with Crippen LogP contribution in [0.4, 0.5) is 4.79 Å². The fourth-order valence-electron chi connectivity index (χ4n) is 2.51. The van der Waals surface area contributed by atoms with Crippen molar-refractivity contribution in [3.63, 3.8) is 0 Å². The first-order valence-corrected chi connectivity index (χ1v) is 9.46. The number of carbonyl (C=O) groups excluding carboxylic acids is 1. The molecular formula is C16H25N2O4P. The number of nitrogens with zero attached hydrogens (tertiary/aromatic N) is 2. The lowest BCUT2D eigenvalue weighted by atomic mass is 10.2. The van der Waals surface area contributed by atoms with Gasteiger partial charge in [-0.05, 0) is 18.5 Å². The van der Waals surface area contributed by atoms with Crippen molar-refractivity contribution in [1.29, 1.82) is 0 Å². The summed E-state index contributed by atoms with van der Waals surface area (Å²) in [4.78, 5) is 16.1. The monoisotopic (exact) mass is 340 g/mol. The van der Waals surface area contributed by atoms with Crippen molar-refractivity contribution >= 4 is 14.1 Å². The molecule has 23 heavy (non-hydrogen) atoms. The highest BCUT2D eigenvalue weighted by molar-refractivity contribution is 7.39. The van der Waals surface area contributed by atoms with Crippen LogP contribution in [-0.4, -0.2) is 61.9 Å². The quantitative estimate of drug-likeness (QED) is 0.714. The van der Waals surface area contributed by atoms with Crippen molar-refractivity contribution in [3.05, 3.63) is 35.9 Å². The van der Waals surface area contributed by atoms with Crippen LogP contribution >= 0.6 is 8.03 Å². The first kappa shape index (κ1) is 18.0. The molecule has 0 aromatic heterocycles. The lowest BCUT2D eigenvalue weighted by molar-refractivity contribution is 0.0717. The molecule has 128 valence electrons. The van der Waals surface area contributed by atoms with Gasteiger partial charge < -0.3 is 14.2 Å². The maximum atomic E-state index is 12.1.